The summed E-state index contributed by atoms with van der Waals surface area (Å²) in [5, 5.41) is 12.2. The zero-order chi connectivity index (χ0) is 12.7. The van der Waals surface area contributed by atoms with Crippen molar-refractivity contribution in [2.24, 2.45) is 5.92 Å². The van der Waals surface area contributed by atoms with Gasteiger partial charge in [-0.15, -0.1) is 0 Å². The molecular weight excluding hydrogens is 220 g/mol. The Morgan fingerprint density at radius 2 is 2.29 bits per heavy atom. The topological polar surface area (TPSA) is 61.8 Å². The number of hydrogen-bond donors (Lipinski definition) is 2. The second-order valence-electron chi connectivity index (χ2n) is 4.89. The third-order valence-electron chi connectivity index (χ3n) is 3.00. The van der Waals surface area contributed by atoms with Crippen LogP contribution in [0.4, 0.5) is 0 Å². The Hall–Kier alpha value is -0.650. The van der Waals surface area contributed by atoms with Gasteiger partial charge in [0.15, 0.2) is 0 Å². The summed E-state index contributed by atoms with van der Waals surface area (Å²) >= 11 is 0. The fourth-order valence-corrected chi connectivity index (χ4v) is 1.86. The fourth-order valence-electron chi connectivity index (χ4n) is 1.86. The predicted octanol–water partition coefficient (Wildman–Crippen LogP) is 0.408. The van der Waals surface area contributed by atoms with Crippen LogP contribution in [-0.2, 0) is 9.53 Å². The normalized spacial score (nSPS) is 21.9. The maximum absolute atomic E-state index is 11.0. The quantitative estimate of drug-likeness (QED) is 0.635. The smallest absolute Gasteiger partial charge is 0.322 e. The van der Waals surface area contributed by atoms with Crippen LogP contribution in [0.25, 0.3) is 0 Å². The largest absolute Gasteiger partial charge is 0.480 e. The third-order valence-corrected chi connectivity index (χ3v) is 3.00. The average Bonchev–Trinajstić information content (AvgIpc) is 2.28. The zero-order valence-corrected chi connectivity index (χ0v) is 10.8. The number of hydrogen-bond acceptors (Lipinski definition) is 4. The first-order valence-corrected chi connectivity index (χ1v) is 6.36. The van der Waals surface area contributed by atoms with Crippen molar-refractivity contribution < 1.29 is 14.6 Å². The molecule has 100 valence electrons. The lowest BCUT2D eigenvalue weighted by atomic mass is 10.1. The first kappa shape index (κ1) is 14.4. The fraction of sp³-hybridized carbons (Fsp3) is 0.917. The standard InChI is InChI=1S/C12H24N2O3/c1-10(2)3-7-17-8-6-14-5-4-13-9-11(14)12(15)16/h10-11,13H,3-9H2,1-2H3,(H,15,16). The molecule has 5 heteroatoms. The first-order chi connectivity index (χ1) is 8.11. The Kier molecular flexibility index (Phi) is 6.47. The molecule has 2 N–H and O–H groups in total. The van der Waals surface area contributed by atoms with E-state index in [1.165, 1.54) is 0 Å². The lowest BCUT2D eigenvalue weighted by Gasteiger charge is -2.33. The van der Waals surface area contributed by atoms with Crippen LogP contribution in [0.15, 0.2) is 0 Å². The molecule has 0 amide bonds. The van der Waals surface area contributed by atoms with Crippen molar-refractivity contribution in [3.63, 3.8) is 0 Å². The van der Waals surface area contributed by atoms with Gasteiger partial charge in [0.05, 0.1) is 6.61 Å². The van der Waals surface area contributed by atoms with Crippen LogP contribution < -0.4 is 5.32 Å². The van der Waals surface area contributed by atoms with Crippen LogP contribution in [-0.4, -0.2) is 61.4 Å². The number of aliphatic carboxylic acids is 1. The lowest BCUT2D eigenvalue weighted by molar-refractivity contribution is -0.144. The Bertz CT molecular complexity index is 234. The van der Waals surface area contributed by atoms with Gasteiger partial charge in [-0.2, -0.15) is 0 Å². The molecule has 5 nitrogen and oxygen atoms in total. The van der Waals surface area contributed by atoms with Crippen molar-refractivity contribution in [1.29, 1.82) is 0 Å². The van der Waals surface area contributed by atoms with E-state index in [9.17, 15) is 4.79 Å². The number of nitrogens with one attached hydrogen (secondary N) is 1. The molecule has 1 aliphatic rings. The second-order valence-corrected chi connectivity index (χ2v) is 4.89. The maximum atomic E-state index is 11.0. The van der Waals surface area contributed by atoms with Gasteiger partial charge in [-0.1, -0.05) is 13.8 Å². The minimum Gasteiger partial charge on any atom is -0.480 e. The number of carboxylic acids is 1. The maximum Gasteiger partial charge on any atom is 0.322 e. The molecule has 0 aliphatic carbocycles. The van der Waals surface area contributed by atoms with Crippen LogP contribution in [0.2, 0.25) is 0 Å². The Morgan fingerprint density at radius 1 is 1.53 bits per heavy atom. The van der Waals surface area contributed by atoms with Gasteiger partial charge in [-0.25, -0.2) is 0 Å². The van der Waals surface area contributed by atoms with Gasteiger partial charge in [0.25, 0.3) is 0 Å². The molecule has 17 heavy (non-hydrogen) atoms. The molecule has 1 heterocycles. The van der Waals surface area contributed by atoms with E-state index in [-0.39, 0.29) is 0 Å². The molecule has 0 aromatic carbocycles. The highest BCUT2D eigenvalue weighted by atomic mass is 16.5. The highest BCUT2D eigenvalue weighted by Crippen LogP contribution is 2.04. The number of ether oxygens (including phenoxy) is 1. The van der Waals surface area contributed by atoms with Crippen LogP contribution in [0.1, 0.15) is 20.3 Å². The number of rotatable bonds is 7. The van der Waals surface area contributed by atoms with Gasteiger partial charge in [0.2, 0.25) is 0 Å². The summed E-state index contributed by atoms with van der Waals surface area (Å²) in [6.07, 6.45) is 1.06. The van der Waals surface area contributed by atoms with E-state index in [2.05, 4.69) is 19.2 Å². The van der Waals surface area contributed by atoms with Crippen molar-refractivity contribution in [1.82, 2.24) is 10.2 Å². The highest BCUT2D eigenvalue weighted by molar-refractivity contribution is 5.73. The van der Waals surface area contributed by atoms with Crippen molar-refractivity contribution >= 4 is 5.97 Å². The molecule has 0 saturated carbocycles. The van der Waals surface area contributed by atoms with Crippen molar-refractivity contribution in [3.05, 3.63) is 0 Å². The van der Waals surface area contributed by atoms with E-state index in [1.807, 2.05) is 4.90 Å². The van der Waals surface area contributed by atoms with Gasteiger partial charge >= 0.3 is 5.97 Å². The lowest BCUT2D eigenvalue weighted by Crippen LogP contribution is -2.55. The monoisotopic (exact) mass is 244 g/mol. The first-order valence-electron chi connectivity index (χ1n) is 6.36. The van der Waals surface area contributed by atoms with E-state index < -0.39 is 12.0 Å². The molecule has 1 rings (SSSR count). The average molecular weight is 244 g/mol. The van der Waals surface area contributed by atoms with E-state index in [1.54, 1.807) is 0 Å². The van der Waals surface area contributed by atoms with Gasteiger partial charge in [-0.05, 0) is 12.3 Å². The van der Waals surface area contributed by atoms with Crippen molar-refractivity contribution in [3.8, 4) is 0 Å². The number of carboxylic acid groups (broad SMARTS) is 1. The molecule has 0 aromatic heterocycles. The molecule has 0 aromatic rings. The Balaban J connectivity index is 2.17. The number of nitrogens with zero attached hydrogens (tertiary/aromatic N) is 1. The number of carbonyl (C=O) groups is 1. The number of piperazine rings is 1. The van der Waals surface area contributed by atoms with Crippen LogP contribution in [0.3, 0.4) is 0 Å². The van der Waals surface area contributed by atoms with Crippen molar-refractivity contribution in [2.45, 2.75) is 26.3 Å². The summed E-state index contributed by atoms with van der Waals surface area (Å²) in [4.78, 5) is 13.0. The van der Waals surface area contributed by atoms with Gasteiger partial charge in [-0.3, -0.25) is 9.69 Å². The summed E-state index contributed by atoms with van der Waals surface area (Å²) in [6.45, 7) is 8.59. The van der Waals surface area contributed by atoms with Gasteiger partial charge in [0, 0.05) is 32.8 Å². The second kappa shape index (κ2) is 7.63. The Labute approximate surface area is 103 Å². The SMILES string of the molecule is CC(C)CCOCCN1CCNCC1C(=O)O. The zero-order valence-electron chi connectivity index (χ0n) is 10.8. The highest BCUT2D eigenvalue weighted by Gasteiger charge is 2.27. The van der Waals surface area contributed by atoms with Gasteiger partial charge < -0.3 is 15.2 Å². The summed E-state index contributed by atoms with van der Waals surface area (Å²) in [6, 6.07) is -0.405. The molecule has 1 saturated heterocycles. The molecular formula is C12H24N2O3. The van der Waals surface area contributed by atoms with Crippen LogP contribution in [0, 0.1) is 5.92 Å². The minimum absolute atomic E-state index is 0.405. The molecule has 0 spiro atoms. The van der Waals surface area contributed by atoms with Crippen LogP contribution >= 0.6 is 0 Å². The minimum atomic E-state index is -0.751. The van der Waals surface area contributed by atoms with E-state index in [0.29, 0.717) is 25.6 Å². The van der Waals surface area contributed by atoms with E-state index in [0.717, 1.165) is 26.1 Å². The molecule has 1 atom stereocenters. The van der Waals surface area contributed by atoms with Gasteiger partial charge in [0.1, 0.15) is 6.04 Å². The summed E-state index contributed by atoms with van der Waals surface area (Å²) in [5.74, 6) is -0.0969. The molecule has 1 fully saturated rings. The summed E-state index contributed by atoms with van der Waals surface area (Å²) < 4.78 is 5.52. The van der Waals surface area contributed by atoms with Crippen molar-refractivity contribution in [2.75, 3.05) is 39.4 Å². The molecule has 1 unspecified atom stereocenters. The molecule has 0 radical (unpaired) electrons. The Morgan fingerprint density at radius 3 is 2.94 bits per heavy atom. The van der Waals surface area contributed by atoms with E-state index in [4.69, 9.17) is 9.84 Å². The van der Waals surface area contributed by atoms with E-state index >= 15 is 0 Å². The molecule has 0 bridgehead atoms. The third kappa shape index (κ3) is 5.48. The van der Waals surface area contributed by atoms with Crippen LogP contribution in [0.5, 0.6) is 0 Å². The predicted molar refractivity (Wildman–Crippen MR) is 66.1 cm³/mol. The molecule has 1 aliphatic heterocycles. The summed E-state index contributed by atoms with van der Waals surface area (Å²) in [5.41, 5.74) is 0. The summed E-state index contributed by atoms with van der Waals surface area (Å²) in [7, 11) is 0.